The predicted molar refractivity (Wildman–Crippen MR) is 135 cm³/mol. The Morgan fingerprint density at radius 2 is 1.94 bits per heavy atom. The van der Waals surface area contributed by atoms with Crippen LogP contribution < -0.4 is 29.7 Å². The Morgan fingerprint density at radius 3 is 2.52 bits per heavy atom. The largest absolute Gasteiger partial charge is 0.496 e. The van der Waals surface area contributed by atoms with Crippen molar-refractivity contribution in [2.75, 3.05) is 46.4 Å². The number of ether oxygens (including phenoxy) is 3. The van der Waals surface area contributed by atoms with Crippen LogP contribution in [0.3, 0.4) is 0 Å². The van der Waals surface area contributed by atoms with Crippen LogP contribution in [0.4, 0.5) is 5.82 Å². The quantitative estimate of drug-likeness (QED) is 0.305. The molecule has 0 spiro atoms. The number of guanidine groups is 1. The minimum atomic E-state index is 0. The Balaban J connectivity index is 0.00000341. The van der Waals surface area contributed by atoms with Gasteiger partial charge >= 0.3 is 0 Å². The van der Waals surface area contributed by atoms with Crippen molar-refractivity contribution in [1.29, 1.82) is 0 Å². The van der Waals surface area contributed by atoms with Gasteiger partial charge in [0.05, 0.1) is 38.5 Å². The number of methoxy groups -OCH3 is 3. The molecule has 10 heteroatoms. The predicted octanol–water partition coefficient (Wildman–Crippen LogP) is 3.32. The number of benzene rings is 1. The molecule has 0 saturated carbocycles. The van der Waals surface area contributed by atoms with Crippen LogP contribution in [0.15, 0.2) is 35.5 Å². The highest BCUT2D eigenvalue weighted by Gasteiger charge is 2.25. The van der Waals surface area contributed by atoms with Crippen molar-refractivity contribution < 1.29 is 14.2 Å². The lowest BCUT2D eigenvalue weighted by atomic mass is 10.1. The molecule has 1 atom stereocenters. The Morgan fingerprint density at radius 1 is 1.23 bits per heavy atom. The van der Waals surface area contributed by atoms with Gasteiger partial charge in [0.25, 0.3) is 0 Å². The fourth-order valence-electron chi connectivity index (χ4n) is 3.49. The standard InChI is InChI=1S/C21H28ClN5O3.HI/c1-23-21(25-12-16-18(29-3)10-15(28-2)11-19(16)30-4)26-14-7-9-27(13-14)20-17(22)6-5-8-24-20;/h5-6,8,10-11,14H,7,9,12-13H2,1-4H3,(H2,23,25,26);1H. The second kappa shape index (κ2) is 12.0. The molecule has 0 bridgehead atoms. The summed E-state index contributed by atoms with van der Waals surface area (Å²) in [6.45, 7) is 2.16. The highest BCUT2D eigenvalue weighted by molar-refractivity contribution is 14.0. The van der Waals surface area contributed by atoms with Crippen LogP contribution in [-0.4, -0.2) is 58.5 Å². The van der Waals surface area contributed by atoms with E-state index in [0.717, 1.165) is 30.9 Å². The fraction of sp³-hybridized carbons (Fsp3) is 0.429. The molecular formula is C21H29ClIN5O3. The fourth-order valence-corrected chi connectivity index (χ4v) is 3.73. The topological polar surface area (TPSA) is 80.2 Å². The number of hydrogen-bond donors (Lipinski definition) is 2. The van der Waals surface area contributed by atoms with Gasteiger partial charge in [0.2, 0.25) is 0 Å². The Kier molecular flexibility index (Phi) is 9.76. The first kappa shape index (κ1) is 25.1. The zero-order valence-corrected chi connectivity index (χ0v) is 21.2. The maximum Gasteiger partial charge on any atom is 0.191 e. The van der Waals surface area contributed by atoms with Crippen LogP contribution in [0.5, 0.6) is 17.2 Å². The second-order valence-electron chi connectivity index (χ2n) is 6.82. The number of nitrogens with one attached hydrogen (secondary N) is 2. The van der Waals surface area contributed by atoms with Gasteiger partial charge in [0, 0.05) is 44.5 Å². The number of rotatable bonds is 7. The number of hydrogen-bond acceptors (Lipinski definition) is 6. The van der Waals surface area contributed by atoms with Gasteiger partial charge < -0.3 is 29.7 Å². The third-order valence-electron chi connectivity index (χ3n) is 5.04. The van der Waals surface area contributed by atoms with Crippen molar-refractivity contribution in [3.8, 4) is 17.2 Å². The van der Waals surface area contributed by atoms with Gasteiger partial charge in [-0.25, -0.2) is 4.98 Å². The number of anilines is 1. The molecule has 1 saturated heterocycles. The van der Waals surface area contributed by atoms with Crippen molar-refractivity contribution in [3.63, 3.8) is 0 Å². The number of aliphatic imine (C=N–C) groups is 1. The first-order valence-electron chi connectivity index (χ1n) is 9.71. The minimum Gasteiger partial charge on any atom is -0.496 e. The highest BCUT2D eigenvalue weighted by Crippen LogP contribution is 2.34. The summed E-state index contributed by atoms with van der Waals surface area (Å²) in [6.07, 6.45) is 2.72. The van der Waals surface area contributed by atoms with Crippen LogP contribution in [-0.2, 0) is 6.54 Å². The Bertz CT molecular complexity index is 874. The lowest BCUT2D eigenvalue weighted by molar-refractivity contribution is 0.368. The van der Waals surface area contributed by atoms with E-state index in [1.165, 1.54) is 0 Å². The van der Waals surface area contributed by atoms with Crippen molar-refractivity contribution in [2.24, 2.45) is 4.99 Å². The van der Waals surface area contributed by atoms with E-state index in [-0.39, 0.29) is 30.0 Å². The molecule has 2 heterocycles. The van der Waals surface area contributed by atoms with Gasteiger partial charge in [0.15, 0.2) is 5.96 Å². The normalized spacial score (nSPS) is 15.8. The van der Waals surface area contributed by atoms with Crippen LogP contribution in [0.2, 0.25) is 5.02 Å². The van der Waals surface area contributed by atoms with E-state index in [1.807, 2.05) is 24.3 Å². The first-order valence-corrected chi connectivity index (χ1v) is 10.1. The Labute approximate surface area is 205 Å². The summed E-state index contributed by atoms with van der Waals surface area (Å²) in [4.78, 5) is 10.9. The molecular weight excluding hydrogens is 533 g/mol. The van der Waals surface area contributed by atoms with Gasteiger partial charge in [-0.15, -0.1) is 24.0 Å². The summed E-state index contributed by atoms with van der Waals surface area (Å²) in [5.41, 5.74) is 0.886. The first-order chi connectivity index (χ1) is 14.6. The van der Waals surface area contributed by atoms with Crippen molar-refractivity contribution in [3.05, 3.63) is 41.0 Å². The zero-order valence-electron chi connectivity index (χ0n) is 18.1. The number of nitrogens with zero attached hydrogens (tertiary/aromatic N) is 3. The van der Waals surface area contributed by atoms with Gasteiger partial charge in [-0.05, 0) is 18.6 Å². The second-order valence-corrected chi connectivity index (χ2v) is 7.23. The van der Waals surface area contributed by atoms with Crippen LogP contribution in [0.25, 0.3) is 0 Å². The highest BCUT2D eigenvalue weighted by atomic mass is 127. The number of halogens is 2. The van der Waals surface area contributed by atoms with E-state index < -0.39 is 0 Å². The molecule has 8 nitrogen and oxygen atoms in total. The SMILES string of the molecule is CN=C(NCc1c(OC)cc(OC)cc1OC)NC1CCN(c2ncccc2Cl)C1.I. The minimum absolute atomic E-state index is 0. The molecule has 1 aliphatic rings. The summed E-state index contributed by atoms with van der Waals surface area (Å²) in [5.74, 6) is 3.57. The smallest absolute Gasteiger partial charge is 0.191 e. The summed E-state index contributed by atoms with van der Waals surface area (Å²) < 4.78 is 16.3. The third kappa shape index (κ3) is 6.19. The Hall–Kier alpha value is -2.14. The van der Waals surface area contributed by atoms with Crippen LogP contribution >= 0.6 is 35.6 Å². The van der Waals surface area contributed by atoms with Gasteiger partial charge in [-0.1, -0.05) is 11.6 Å². The zero-order chi connectivity index (χ0) is 21.5. The molecule has 31 heavy (non-hydrogen) atoms. The molecule has 1 unspecified atom stereocenters. The lowest BCUT2D eigenvalue weighted by Gasteiger charge is -2.21. The molecule has 0 aliphatic carbocycles. The molecule has 1 aliphatic heterocycles. The maximum atomic E-state index is 6.29. The molecule has 1 aromatic heterocycles. The molecule has 2 N–H and O–H groups in total. The number of pyridine rings is 1. The van der Waals surface area contributed by atoms with Crippen molar-refractivity contribution in [2.45, 2.75) is 19.0 Å². The molecule has 2 aromatic rings. The molecule has 0 amide bonds. The summed E-state index contributed by atoms with van der Waals surface area (Å²) in [6, 6.07) is 7.60. The van der Waals surface area contributed by atoms with E-state index in [1.54, 1.807) is 34.6 Å². The average molecular weight is 562 g/mol. The van der Waals surface area contributed by atoms with Gasteiger partial charge in [-0.3, -0.25) is 4.99 Å². The average Bonchev–Trinajstić information content (AvgIpc) is 3.24. The van der Waals surface area contributed by atoms with E-state index in [2.05, 4.69) is 25.5 Å². The van der Waals surface area contributed by atoms with Gasteiger partial charge in [-0.2, -0.15) is 0 Å². The van der Waals surface area contributed by atoms with E-state index in [0.29, 0.717) is 34.8 Å². The molecule has 0 radical (unpaired) electrons. The molecule has 1 fully saturated rings. The molecule has 3 rings (SSSR count). The summed E-state index contributed by atoms with van der Waals surface area (Å²) in [5, 5.41) is 7.48. The molecule has 170 valence electrons. The number of aromatic nitrogens is 1. The van der Waals surface area contributed by atoms with Gasteiger partial charge in [0.1, 0.15) is 23.1 Å². The monoisotopic (exact) mass is 561 g/mol. The summed E-state index contributed by atoms with van der Waals surface area (Å²) >= 11 is 6.29. The molecule has 1 aromatic carbocycles. The van der Waals surface area contributed by atoms with Crippen molar-refractivity contribution in [1.82, 2.24) is 15.6 Å². The third-order valence-corrected chi connectivity index (χ3v) is 5.34. The van der Waals surface area contributed by atoms with E-state index in [4.69, 9.17) is 25.8 Å². The lowest BCUT2D eigenvalue weighted by Crippen LogP contribution is -2.44. The maximum absolute atomic E-state index is 6.29. The van der Waals surface area contributed by atoms with E-state index >= 15 is 0 Å². The van der Waals surface area contributed by atoms with Crippen LogP contribution in [0, 0.1) is 0 Å². The van der Waals surface area contributed by atoms with Crippen molar-refractivity contribution >= 4 is 47.4 Å². The van der Waals surface area contributed by atoms with E-state index in [9.17, 15) is 0 Å². The van der Waals surface area contributed by atoms with Crippen LogP contribution in [0.1, 0.15) is 12.0 Å². The summed E-state index contributed by atoms with van der Waals surface area (Å²) in [7, 11) is 6.61.